The molecule has 4 aromatic carbocycles. The zero-order valence-electron chi connectivity index (χ0n) is 22.9. The number of nitrogens with two attached hydrogens (primary N) is 1. The van der Waals surface area contributed by atoms with Gasteiger partial charge < -0.3 is 9.47 Å². The Morgan fingerprint density at radius 3 is 1.42 bits per heavy atom. The van der Waals surface area contributed by atoms with Crippen molar-refractivity contribution in [3.05, 3.63) is 126 Å². The van der Waals surface area contributed by atoms with Crippen molar-refractivity contribution < 1.29 is 28.7 Å². The molecule has 43 heavy (non-hydrogen) atoms. The Morgan fingerprint density at radius 2 is 1.00 bits per heavy atom. The lowest BCUT2D eigenvalue weighted by Crippen LogP contribution is -2.41. The molecule has 0 aromatic heterocycles. The Balaban J connectivity index is 0.000000247. The Bertz CT molecular complexity index is 1540. The summed E-state index contributed by atoms with van der Waals surface area (Å²) in [7, 11) is 3.06. The van der Waals surface area contributed by atoms with E-state index in [0.29, 0.717) is 33.8 Å². The lowest BCUT2D eigenvalue weighted by Gasteiger charge is -2.08. The van der Waals surface area contributed by atoms with Gasteiger partial charge in [-0.15, -0.1) is 0 Å². The van der Waals surface area contributed by atoms with Crippen LogP contribution in [0.3, 0.4) is 0 Å². The van der Waals surface area contributed by atoms with Crippen LogP contribution in [0.25, 0.3) is 0 Å². The van der Waals surface area contributed by atoms with Crippen LogP contribution in [0, 0.1) is 7.14 Å². The summed E-state index contributed by atoms with van der Waals surface area (Å²) in [6.45, 7) is 0. The summed E-state index contributed by atoms with van der Waals surface area (Å²) in [6.07, 6.45) is 0. The van der Waals surface area contributed by atoms with Gasteiger partial charge in [0.05, 0.1) is 14.2 Å². The quantitative estimate of drug-likeness (QED) is 0.0675. The number of amides is 3. The van der Waals surface area contributed by atoms with Gasteiger partial charge >= 0.3 is 0 Å². The van der Waals surface area contributed by atoms with Gasteiger partial charge in [-0.25, -0.2) is 5.84 Å². The second-order valence-electron chi connectivity index (χ2n) is 8.13. The second kappa shape index (κ2) is 18.7. The Kier molecular flexibility index (Phi) is 15.5. The summed E-state index contributed by atoms with van der Waals surface area (Å²) in [4.78, 5) is 45.3. The number of ether oxygens (including phenoxy) is 2. The maximum absolute atomic E-state index is 11.9. The van der Waals surface area contributed by atoms with Gasteiger partial charge in [0.2, 0.25) is 0 Å². The molecule has 3 amide bonds. The van der Waals surface area contributed by atoms with E-state index in [1.165, 1.54) is 14.2 Å². The second-order valence-corrected chi connectivity index (χ2v) is 11.0. The van der Waals surface area contributed by atoms with E-state index in [-0.39, 0.29) is 11.8 Å². The van der Waals surface area contributed by atoms with E-state index >= 15 is 0 Å². The number of carbonyl (C=O) groups is 4. The van der Waals surface area contributed by atoms with E-state index in [4.69, 9.17) is 26.9 Å². The molecule has 0 radical (unpaired) electrons. The van der Waals surface area contributed by atoms with E-state index < -0.39 is 11.1 Å². The van der Waals surface area contributed by atoms with Gasteiger partial charge in [-0.1, -0.05) is 12.1 Å². The number of hydrogen-bond donors (Lipinski definition) is 4. The van der Waals surface area contributed by atoms with Crippen molar-refractivity contribution in [3.8, 4) is 11.5 Å². The fourth-order valence-electron chi connectivity index (χ4n) is 3.05. The number of hydrogen-bond acceptors (Lipinski definition) is 7. The molecule has 0 heterocycles. The normalized spacial score (nSPS) is 9.53. The molecule has 0 fully saturated rings. The third-order valence-corrected chi connectivity index (χ3v) is 6.92. The molecule has 4 rings (SSSR count). The molecule has 0 aliphatic rings. The fraction of sp³-hybridized carbons (Fsp3) is 0.0667. The Morgan fingerprint density at radius 1 is 0.605 bits per heavy atom. The van der Waals surface area contributed by atoms with Gasteiger partial charge in [-0.2, -0.15) is 0 Å². The SMILES string of the molecule is COc1cccc(C(=O)Cl)c1.COc1cccc(C(=O)NNC(=O)c2ccc(I)cc2)c1.NNC(=O)c1ccc(I)cc1. The first-order valence-corrected chi connectivity index (χ1v) is 14.7. The highest BCUT2D eigenvalue weighted by molar-refractivity contribution is 14.1. The van der Waals surface area contributed by atoms with Crippen molar-refractivity contribution in [2.45, 2.75) is 0 Å². The minimum absolute atomic E-state index is 0.263. The topological polar surface area (TPSA) is 149 Å². The van der Waals surface area contributed by atoms with Crippen molar-refractivity contribution in [2.24, 2.45) is 5.84 Å². The molecular weight excluding hydrogens is 802 g/mol. The summed E-state index contributed by atoms with van der Waals surface area (Å²) < 4.78 is 12.1. The molecule has 0 unspecified atom stereocenters. The number of carbonyl (C=O) groups excluding carboxylic acids is 4. The monoisotopic (exact) mass is 828 g/mol. The average molecular weight is 829 g/mol. The van der Waals surface area contributed by atoms with E-state index in [9.17, 15) is 19.2 Å². The van der Waals surface area contributed by atoms with Gasteiger partial charge in [0.1, 0.15) is 11.5 Å². The lowest BCUT2D eigenvalue weighted by molar-refractivity contribution is 0.0846. The average Bonchev–Trinajstić information content (AvgIpc) is 3.04. The first kappa shape index (κ1) is 35.5. The molecule has 0 aliphatic heterocycles. The lowest BCUT2D eigenvalue weighted by atomic mass is 10.2. The number of methoxy groups -OCH3 is 2. The highest BCUT2D eigenvalue weighted by Gasteiger charge is 2.09. The van der Waals surface area contributed by atoms with Crippen LogP contribution in [0.1, 0.15) is 41.4 Å². The highest BCUT2D eigenvalue weighted by atomic mass is 127. The minimum atomic E-state index is -0.469. The predicted octanol–water partition coefficient (Wildman–Crippen LogP) is 5.34. The predicted molar refractivity (Wildman–Crippen MR) is 181 cm³/mol. The molecule has 4 aromatic rings. The van der Waals surface area contributed by atoms with Crippen LogP contribution in [0.2, 0.25) is 0 Å². The summed E-state index contributed by atoms with van der Waals surface area (Å²) in [5.41, 5.74) is 8.70. The van der Waals surface area contributed by atoms with Crippen molar-refractivity contribution in [2.75, 3.05) is 14.2 Å². The summed E-state index contributed by atoms with van der Waals surface area (Å²) in [5.74, 6) is 5.11. The molecule has 0 saturated carbocycles. The summed E-state index contributed by atoms with van der Waals surface area (Å²) in [5, 5.41) is -0.469. The van der Waals surface area contributed by atoms with Gasteiger partial charge in [-0.05, 0) is 142 Å². The maximum atomic E-state index is 11.9. The molecular formula is C30H27ClI2N4O6. The number of nitrogen functional groups attached to an aromatic ring is 1. The maximum Gasteiger partial charge on any atom is 0.269 e. The number of halogens is 3. The molecule has 0 bridgehead atoms. The molecule has 224 valence electrons. The molecule has 0 aliphatic carbocycles. The first-order valence-electron chi connectivity index (χ1n) is 12.2. The zero-order chi connectivity index (χ0) is 31.8. The van der Waals surface area contributed by atoms with Gasteiger partial charge in [0.25, 0.3) is 23.0 Å². The number of nitrogens with one attached hydrogen (secondary N) is 3. The van der Waals surface area contributed by atoms with Crippen LogP contribution in [0.5, 0.6) is 11.5 Å². The third kappa shape index (κ3) is 12.6. The molecule has 5 N–H and O–H groups in total. The van der Waals surface area contributed by atoms with Crippen LogP contribution < -0.4 is 31.6 Å². The largest absolute Gasteiger partial charge is 0.497 e. The number of benzene rings is 4. The molecule has 0 saturated heterocycles. The Labute approximate surface area is 280 Å². The number of rotatable bonds is 6. The summed E-state index contributed by atoms with van der Waals surface area (Å²) in [6, 6.07) is 27.5. The Hall–Kier alpha value is -3.73. The van der Waals surface area contributed by atoms with Gasteiger partial charge in [0, 0.05) is 29.4 Å². The smallest absolute Gasteiger partial charge is 0.269 e. The number of hydrazine groups is 2. The zero-order valence-corrected chi connectivity index (χ0v) is 28.0. The van der Waals surface area contributed by atoms with Crippen molar-refractivity contribution >= 4 is 79.7 Å². The van der Waals surface area contributed by atoms with E-state index in [0.717, 1.165) is 7.14 Å². The summed E-state index contributed by atoms with van der Waals surface area (Å²) >= 11 is 9.56. The molecule has 0 spiro atoms. The molecule has 0 atom stereocenters. The van der Waals surface area contributed by atoms with Crippen LogP contribution in [0.15, 0.2) is 97.1 Å². The van der Waals surface area contributed by atoms with Gasteiger partial charge in [-0.3, -0.25) is 35.5 Å². The highest BCUT2D eigenvalue weighted by Crippen LogP contribution is 2.14. The molecule has 10 nitrogen and oxygen atoms in total. The van der Waals surface area contributed by atoms with E-state index in [1.54, 1.807) is 72.8 Å². The standard InChI is InChI=1S/C15H13IN2O3.C8H7ClO2.C7H7IN2O/c1-21-13-4-2-3-11(9-13)15(20)18-17-14(19)10-5-7-12(16)8-6-10;1-11-7-4-2-3-6(5-7)8(9)10;8-6-3-1-5(2-4-6)7(11)10-9/h2-9H,1H3,(H,17,19)(H,18,20);2-5H,1H3;1-4H,9H2,(H,10,11). The first-order chi connectivity index (χ1) is 20.6. The molecule has 13 heteroatoms. The van der Waals surface area contributed by atoms with Gasteiger partial charge in [0.15, 0.2) is 0 Å². The van der Waals surface area contributed by atoms with Crippen molar-refractivity contribution in [1.82, 2.24) is 16.3 Å². The third-order valence-electron chi connectivity index (χ3n) is 5.26. The van der Waals surface area contributed by atoms with Crippen LogP contribution in [0.4, 0.5) is 0 Å². The fourth-order valence-corrected chi connectivity index (χ4v) is 3.89. The van der Waals surface area contributed by atoms with Crippen molar-refractivity contribution in [1.29, 1.82) is 0 Å². The van der Waals surface area contributed by atoms with E-state index in [1.807, 2.05) is 24.3 Å². The van der Waals surface area contributed by atoms with Crippen LogP contribution in [-0.4, -0.2) is 37.2 Å². The van der Waals surface area contributed by atoms with Crippen molar-refractivity contribution in [3.63, 3.8) is 0 Å². The minimum Gasteiger partial charge on any atom is -0.497 e. The van der Waals surface area contributed by atoms with Crippen LogP contribution in [-0.2, 0) is 0 Å². The van der Waals surface area contributed by atoms with Crippen LogP contribution >= 0.6 is 56.8 Å². The van der Waals surface area contributed by atoms with E-state index in [2.05, 4.69) is 61.5 Å².